The Labute approximate surface area is 127 Å². The second-order valence-corrected chi connectivity index (χ2v) is 4.81. The summed E-state index contributed by atoms with van der Waals surface area (Å²) in [5, 5.41) is 9.87. The number of benzene rings is 2. The monoisotopic (exact) mass is 294 g/mol. The molecule has 22 heavy (non-hydrogen) atoms. The third kappa shape index (κ3) is 2.86. The first-order chi connectivity index (χ1) is 10.7. The van der Waals surface area contributed by atoms with Crippen LogP contribution in [-0.2, 0) is 0 Å². The number of carboxylic acids is 1. The zero-order valence-electron chi connectivity index (χ0n) is 11.9. The third-order valence-electron chi connectivity index (χ3n) is 3.34. The molecule has 0 atom stereocenters. The number of ether oxygens (including phenoxy) is 1. The van der Waals surface area contributed by atoms with E-state index < -0.39 is 5.97 Å². The average Bonchev–Trinajstić information content (AvgIpc) is 2.95. The maximum absolute atomic E-state index is 10.8. The molecule has 0 bridgehead atoms. The van der Waals surface area contributed by atoms with Crippen molar-refractivity contribution in [2.75, 3.05) is 7.11 Å². The second-order valence-electron chi connectivity index (χ2n) is 4.81. The molecule has 3 rings (SSSR count). The summed E-state index contributed by atoms with van der Waals surface area (Å²) >= 11 is 0. The molecule has 2 aromatic carbocycles. The van der Waals surface area contributed by atoms with Crippen LogP contribution in [0.3, 0.4) is 0 Å². The minimum atomic E-state index is -0.929. The molecule has 0 aliphatic carbocycles. The van der Waals surface area contributed by atoms with Gasteiger partial charge >= 0.3 is 5.97 Å². The summed E-state index contributed by atoms with van der Waals surface area (Å²) in [6.45, 7) is 0. The van der Waals surface area contributed by atoms with Gasteiger partial charge in [0, 0.05) is 11.5 Å². The number of carbonyl (C=O) groups is 1. The van der Waals surface area contributed by atoms with Gasteiger partial charge in [0.15, 0.2) is 0 Å². The topological polar surface area (TPSA) is 59.7 Å². The largest absolute Gasteiger partial charge is 0.497 e. The van der Waals surface area contributed by atoms with Crippen LogP contribution >= 0.6 is 0 Å². The Morgan fingerprint density at radius 3 is 2.55 bits per heavy atom. The molecule has 0 radical (unpaired) electrons. The van der Waals surface area contributed by atoms with Gasteiger partial charge < -0.3 is 14.3 Å². The molecule has 0 saturated carbocycles. The Hall–Kier alpha value is -3.01. The summed E-state index contributed by atoms with van der Waals surface area (Å²) < 4.78 is 10.9. The average molecular weight is 294 g/mol. The molecule has 0 saturated heterocycles. The van der Waals surface area contributed by atoms with E-state index in [2.05, 4.69) is 0 Å². The van der Waals surface area contributed by atoms with Crippen molar-refractivity contribution in [2.24, 2.45) is 0 Å². The van der Waals surface area contributed by atoms with E-state index in [0.717, 1.165) is 28.0 Å². The lowest BCUT2D eigenvalue weighted by Crippen LogP contribution is -1.94. The quantitative estimate of drug-likeness (QED) is 0.779. The first-order valence-corrected chi connectivity index (χ1v) is 6.75. The van der Waals surface area contributed by atoms with Gasteiger partial charge in [-0.1, -0.05) is 18.2 Å². The van der Waals surface area contributed by atoms with Crippen LogP contribution in [0.4, 0.5) is 0 Å². The minimum absolute atomic E-state index is 0.271. The molecule has 0 aliphatic heterocycles. The van der Waals surface area contributed by atoms with E-state index in [-0.39, 0.29) is 5.56 Å². The Balaban J connectivity index is 1.84. The molecular formula is C18H14O4. The number of hydrogen-bond donors (Lipinski definition) is 1. The van der Waals surface area contributed by atoms with E-state index >= 15 is 0 Å². The number of methoxy groups -OCH3 is 1. The van der Waals surface area contributed by atoms with Gasteiger partial charge in [-0.25, -0.2) is 4.79 Å². The van der Waals surface area contributed by atoms with E-state index in [9.17, 15) is 4.79 Å². The predicted molar refractivity (Wildman–Crippen MR) is 85.1 cm³/mol. The number of fused-ring (bicyclic) bond motifs is 1. The number of aromatic carboxylic acids is 1. The second kappa shape index (κ2) is 5.77. The Morgan fingerprint density at radius 1 is 1.09 bits per heavy atom. The van der Waals surface area contributed by atoms with Crippen LogP contribution in [0.15, 0.2) is 52.9 Å². The highest BCUT2D eigenvalue weighted by molar-refractivity contribution is 5.88. The standard InChI is InChI=1S/C18H14O4/c1-21-15-9-7-14-10-16(22-17(14)11-15)8-4-12-2-5-13(6-3-12)18(19)20/h2-11H,1H3,(H,19,20). The smallest absolute Gasteiger partial charge is 0.335 e. The fourth-order valence-electron chi connectivity index (χ4n) is 2.16. The van der Waals surface area contributed by atoms with Gasteiger partial charge in [-0.2, -0.15) is 0 Å². The normalized spacial score (nSPS) is 11.1. The first-order valence-electron chi connectivity index (χ1n) is 6.75. The molecule has 1 N–H and O–H groups in total. The fraction of sp³-hybridized carbons (Fsp3) is 0.0556. The molecule has 110 valence electrons. The van der Waals surface area contributed by atoms with E-state index in [4.69, 9.17) is 14.3 Å². The van der Waals surface area contributed by atoms with Crippen molar-refractivity contribution in [1.82, 2.24) is 0 Å². The van der Waals surface area contributed by atoms with Crippen LogP contribution in [0.2, 0.25) is 0 Å². The first kappa shape index (κ1) is 13.9. The van der Waals surface area contributed by atoms with Crippen molar-refractivity contribution >= 4 is 29.1 Å². The molecule has 0 spiro atoms. The minimum Gasteiger partial charge on any atom is -0.497 e. The Bertz CT molecular complexity index is 841. The highest BCUT2D eigenvalue weighted by Gasteiger charge is 2.03. The van der Waals surface area contributed by atoms with Crippen LogP contribution < -0.4 is 4.74 Å². The maximum Gasteiger partial charge on any atom is 0.335 e. The van der Waals surface area contributed by atoms with E-state index in [0.29, 0.717) is 0 Å². The number of rotatable bonds is 4. The fourth-order valence-corrected chi connectivity index (χ4v) is 2.16. The highest BCUT2D eigenvalue weighted by Crippen LogP contribution is 2.25. The van der Waals surface area contributed by atoms with Crippen LogP contribution in [0.5, 0.6) is 5.75 Å². The molecule has 4 nitrogen and oxygen atoms in total. The van der Waals surface area contributed by atoms with Crippen LogP contribution in [0.25, 0.3) is 23.1 Å². The lowest BCUT2D eigenvalue weighted by Gasteiger charge is -1.96. The van der Waals surface area contributed by atoms with E-state index in [1.54, 1.807) is 31.4 Å². The summed E-state index contributed by atoms with van der Waals surface area (Å²) in [6.07, 6.45) is 3.73. The van der Waals surface area contributed by atoms with Gasteiger partial charge in [0.25, 0.3) is 0 Å². The Kier molecular flexibility index (Phi) is 3.66. The molecule has 0 unspecified atom stereocenters. The van der Waals surface area contributed by atoms with Crippen LogP contribution in [0, 0.1) is 0 Å². The zero-order chi connectivity index (χ0) is 15.5. The van der Waals surface area contributed by atoms with Gasteiger partial charge in [-0.05, 0) is 42.0 Å². The van der Waals surface area contributed by atoms with Crippen LogP contribution in [0.1, 0.15) is 21.7 Å². The molecule has 0 amide bonds. The number of carboxylic acid groups (broad SMARTS) is 1. The summed E-state index contributed by atoms with van der Waals surface area (Å²) in [7, 11) is 1.62. The van der Waals surface area contributed by atoms with Crippen molar-refractivity contribution < 1.29 is 19.1 Å². The van der Waals surface area contributed by atoms with Crippen LogP contribution in [-0.4, -0.2) is 18.2 Å². The summed E-state index contributed by atoms with van der Waals surface area (Å²) in [4.78, 5) is 10.8. The van der Waals surface area contributed by atoms with Crippen molar-refractivity contribution in [1.29, 1.82) is 0 Å². The van der Waals surface area contributed by atoms with Gasteiger partial charge in [0.05, 0.1) is 12.7 Å². The van der Waals surface area contributed by atoms with Gasteiger partial charge in [-0.3, -0.25) is 0 Å². The lowest BCUT2D eigenvalue weighted by atomic mass is 10.1. The van der Waals surface area contributed by atoms with E-state index in [1.807, 2.05) is 36.4 Å². The van der Waals surface area contributed by atoms with Gasteiger partial charge in [-0.15, -0.1) is 0 Å². The van der Waals surface area contributed by atoms with Crippen molar-refractivity contribution in [3.63, 3.8) is 0 Å². The lowest BCUT2D eigenvalue weighted by molar-refractivity contribution is 0.0697. The molecular weight excluding hydrogens is 280 g/mol. The molecule has 0 aliphatic rings. The van der Waals surface area contributed by atoms with Crippen molar-refractivity contribution in [3.05, 3.63) is 65.4 Å². The Morgan fingerprint density at radius 2 is 1.86 bits per heavy atom. The third-order valence-corrected chi connectivity index (χ3v) is 3.34. The molecule has 0 fully saturated rings. The van der Waals surface area contributed by atoms with Gasteiger partial charge in [0.1, 0.15) is 17.1 Å². The maximum atomic E-state index is 10.8. The molecule has 4 heteroatoms. The zero-order valence-corrected chi connectivity index (χ0v) is 11.9. The highest BCUT2D eigenvalue weighted by atomic mass is 16.5. The number of furan rings is 1. The van der Waals surface area contributed by atoms with Crippen molar-refractivity contribution in [3.8, 4) is 5.75 Å². The summed E-state index contributed by atoms with van der Waals surface area (Å²) in [5.41, 5.74) is 1.94. The SMILES string of the molecule is COc1ccc2cc(C=Cc3ccc(C(=O)O)cc3)oc2c1. The van der Waals surface area contributed by atoms with Gasteiger partial charge in [0.2, 0.25) is 0 Å². The summed E-state index contributed by atoms with van der Waals surface area (Å²) in [5.74, 6) is 0.550. The van der Waals surface area contributed by atoms with Crippen molar-refractivity contribution in [2.45, 2.75) is 0 Å². The van der Waals surface area contributed by atoms with E-state index in [1.165, 1.54) is 0 Å². The number of hydrogen-bond acceptors (Lipinski definition) is 3. The molecule has 1 aromatic heterocycles. The predicted octanol–water partition coefficient (Wildman–Crippen LogP) is 4.31. The molecule has 1 heterocycles. The molecule has 3 aromatic rings. The summed E-state index contributed by atoms with van der Waals surface area (Å²) in [6, 6.07) is 14.3.